The largest absolute Gasteiger partial charge is 0.444 e. The van der Waals surface area contributed by atoms with Gasteiger partial charge in [0.1, 0.15) is 5.60 Å². The maximum absolute atomic E-state index is 12.0. The Morgan fingerprint density at radius 3 is 2.81 bits per heavy atom. The Morgan fingerprint density at radius 1 is 1.43 bits per heavy atom. The molecule has 1 amide bonds. The highest BCUT2D eigenvalue weighted by atomic mass is 35.5. The van der Waals surface area contributed by atoms with Crippen LogP contribution in [0.1, 0.15) is 32.8 Å². The van der Waals surface area contributed by atoms with E-state index in [1.54, 1.807) is 4.90 Å². The molecule has 2 rings (SSSR count). The van der Waals surface area contributed by atoms with Crippen LogP contribution in [0.2, 0.25) is 5.02 Å². The zero-order valence-corrected chi connectivity index (χ0v) is 13.6. The van der Waals surface area contributed by atoms with Gasteiger partial charge in [-0.05, 0) is 38.8 Å². The summed E-state index contributed by atoms with van der Waals surface area (Å²) in [5.41, 5.74) is 0.634. The number of benzene rings is 1. The second kappa shape index (κ2) is 6.67. The standard InChI is InChI=1S/C16H23ClN2O2/c1-16(2,3)21-15(20)19-9-8-13(11-19)18-10-12-6-4-5-7-14(12)17/h4-7,13,18H,8-11H2,1-3H3. The van der Waals surface area contributed by atoms with Gasteiger partial charge in [-0.25, -0.2) is 4.79 Å². The Kier molecular flexibility index (Phi) is 5.12. The quantitative estimate of drug-likeness (QED) is 0.930. The summed E-state index contributed by atoms with van der Waals surface area (Å²) in [6.45, 7) is 7.78. The number of nitrogens with zero attached hydrogens (tertiary/aromatic N) is 1. The second-order valence-electron chi connectivity index (χ2n) is 6.38. The lowest BCUT2D eigenvalue weighted by Gasteiger charge is -2.24. The Morgan fingerprint density at radius 2 is 2.14 bits per heavy atom. The normalized spacial score (nSPS) is 18.9. The maximum atomic E-state index is 12.0. The third-order valence-corrected chi connectivity index (χ3v) is 3.75. The number of carbonyl (C=O) groups is 1. The Hall–Kier alpha value is -1.26. The van der Waals surface area contributed by atoms with E-state index in [1.807, 2.05) is 45.0 Å². The van der Waals surface area contributed by atoms with Gasteiger partial charge in [-0.1, -0.05) is 29.8 Å². The van der Waals surface area contributed by atoms with Crippen molar-refractivity contribution in [3.63, 3.8) is 0 Å². The van der Waals surface area contributed by atoms with Gasteiger partial charge in [0.15, 0.2) is 0 Å². The number of ether oxygens (including phenoxy) is 1. The second-order valence-corrected chi connectivity index (χ2v) is 6.79. The molecule has 1 saturated heterocycles. The first-order valence-electron chi connectivity index (χ1n) is 7.30. The van der Waals surface area contributed by atoms with Crippen molar-refractivity contribution < 1.29 is 9.53 Å². The van der Waals surface area contributed by atoms with Crippen molar-refractivity contribution >= 4 is 17.7 Å². The van der Waals surface area contributed by atoms with Crippen molar-refractivity contribution in [3.8, 4) is 0 Å². The maximum Gasteiger partial charge on any atom is 0.410 e. The van der Waals surface area contributed by atoms with E-state index in [2.05, 4.69) is 5.32 Å². The van der Waals surface area contributed by atoms with Crippen LogP contribution in [0.15, 0.2) is 24.3 Å². The number of amides is 1. The highest BCUT2D eigenvalue weighted by Crippen LogP contribution is 2.18. The minimum atomic E-state index is -0.444. The summed E-state index contributed by atoms with van der Waals surface area (Å²) < 4.78 is 5.39. The fraction of sp³-hybridized carbons (Fsp3) is 0.562. The van der Waals surface area contributed by atoms with E-state index in [9.17, 15) is 4.79 Å². The first-order chi connectivity index (χ1) is 9.85. The molecule has 116 valence electrons. The van der Waals surface area contributed by atoms with Gasteiger partial charge in [-0.3, -0.25) is 0 Å². The fourth-order valence-electron chi connectivity index (χ4n) is 2.32. The van der Waals surface area contributed by atoms with Gasteiger partial charge in [-0.15, -0.1) is 0 Å². The monoisotopic (exact) mass is 310 g/mol. The van der Waals surface area contributed by atoms with Crippen LogP contribution in [0.25, 0.3) is 0 Å². The molecule has 4 nitrogen and oxygen atoms in total. The molecular weight excluding hydrogens is 288 g/mol. The molecule has 1 fully saturated rings. The highest BCUT2D eigenvalue weighted by Gasteiger charge is 2.29. The molecule has 1 heterocycles. The molecule has 0 aliphatic carbocycles. The van der Waals surface area contributed by atoms with Gasteiger partial charge in [0.25, 0.3) is 0 Å². The molecular formula is C16H23ClN2O2. The molecule has 1 aromatic carbocycles. The van der Waals surface area contributed by atoms with E-state index in [0.29, 0.717) is 13.1 Å². The number of rotatable bonds is 3. The summed E-state index contributed by atoms with van der Waals surface area (Å²) in [7, 11) is 0. The lowest BCUT2D eigenvalue weighted by atomic mass is 10.2. The fourth-order valence-corrected chi connectivity index (χ4v) is 2.52. The molecule has 0 aromatic heterocycles. The summed E-state index contributed by atoms with van der Waals surface area (Å²) in [4.78, 5) is 13.7. The molecule has 1 N–H and O–H groups in total. The average molecular weight is 311 g/mol. The Bertz CT molecular complexity index is 499. The van der Waals surface area contributed by atoms with Crippen molar-refractivity contribution in [1.82, 2.24) is 10.2 Å². The number of hydrogen-bond donors (Lipinski definition) is 1. The molecule has 1 aromatic rings. The molecule has 21 heavy (non-hydrogen) atoms. The third-order valence-electron chi connectivity index (χ3n) is 3.38. The lowest BCUT2D eigenvalue weighted by Crippen LogP contribution is -2.38. The average Bonchev–Trinajstić information content (AvgIpc) is 2.85. The minimum Gasteiger partial charge on any atom is -0.444 e. The zero-order valence-electron chi connectivity index (χ0n) is 12.9. The van der Waals surface area contributed by atoms with Crippen molar-refractivity contribution in [2.75, 3.05) is 13.1 Å². The lowest BCUT2D eigenvalue weighted by molar-refractivity contribution is 0.0291. The summed E-state index contributed by atoms with van der Waals surface area (Å²) in [5.74, 6) is 0. The predicted molar refractivity (Wildman–Crippen MR) is 84.5 cm³/mol. The van der Waals surface area contributed by atoms with E-state index < -0.39 is 5.60 Å². The number of nitrogens with one attached hydrogen (secondary N) is 1. The molecule has 5 heteroatoms. The van der Waals surface area contributed by atoms with E-state index >= 15 is 0 Å². The number of hydrogen-bond acceptors (Lipinski definition) is 3. The van der Waals surface area contributed by atoms with Gasteiger partial charge < -0.3 is 15.0 Å². The van der Waals surface area contributed by atoms with Gasteiger partial charge in [0, 0.05) is 30.7 Å². The van der Waals surface area contributed by atoms with Crippen molar-refractivity contribution in [3.05, 3.63) is 34.9 Å². The van der Waals surface area contributed by atoms with Gasteiger partial charge in [-0.2, -0.15) is 0 Å². The van der Waals surface area contributed by atoms with Crippen LogP contribution in [-0.4, -0.2) is 35.7 Å². The van der Waals surface area contributed by atoms with E-state index in [0.717, 1.165) is 23.6 Å². The molecule has 0 saturated carbocycles. The van der Waals surface area contributed by atoms with Crippen LogP contribution >= 0.6 is 11.6 Å². The third kappa shape index (κ3) is 4.90. The van der Waals surface area contributed by atoms with Crippen LogP contribution in [0.5, 0.6) is 0 Å². The van der Waals surface area contributed by atoms with Crippen molar-refractivity contribution in [2.45, 2.75) is 45.4 Å². The summed E-state index contributed by atoms with van der Waals surface area (Å²) in [6.07, 6.45) is 0.702. The van der Waals surface area contributed by atoms with Gasteiger partial charge in [0.2, 0.25) is 0 Å². The molecule has 0 spiro atoms. The summed E-state index contributed by atoms with van der Waals surface area (Å²) in [5, 5.41) is 4.22. The topological polar surface area (TPSA) is 41.6 Å². The van der Waals surface area contributed by atoms with Crippen LogP contribution in [-0.2, 0) is 11.3 Å². The SMILES string of the molecule is CC(C)(C)OC(=O)N1CCC(NCc2ccccc2Cl)C1. The molecule has 0 radical (unpaired) electrons. The molecule has 1 atom stereocenters. The van der Waals surface area contributed by atoms with E-state index in [-0.39, 0.29) is 12.1 Å². The Balaban J connectivity index is 1.80. The van der Waals surface area contributed by atoms with Crippen molar-refractivity contribution in [2.24, 2.45) is 0 Å². The number of likely N-dealkylation sites (tertiary alicyclic amines) is 1. The van der Waals surface area contributed by atoms with Gasteiger partial charge in [0.05, 0.1) is 0 Å². The number of halogens is 1. The van der Waals surface area contributed by atoms with Crippen LogP contribution in [0.4, 0.5) is 4.79 Å². The first kappa shape index (κ1) is 16.1. The van der Waals surface area contributed by atoms with Gasteiger partial charge >= 0.3 is 6.09 Å². The molecule has 1 aliphatic rings. The summed E-state index contributed by atoms with van der Waals surface area (Å²) >= 11 is 6.14. The Labute approximate surface area is 131 Å². The molecule has 1 aliphatic heterocycles. The van der Waals surface area contributed by atoms with Crippen LogP contribution in [0.3, 0.4) is 0 Å². The van der Waals surface area contributed by atoms with Crippen LogP contribution < -0.4 is 5.32 Å². The first-order valence-corrected chi connectivity index (χ1v) is 7.68. The van der Waals surface area contributed by atoms with Crippen molar-refractivity contribution in [1.29, 1.82) is 0 Å². The number of carbonyl (C=O) groups excluding carboxylic acids is 1. The minimum absolute atomic E-state index is 0.232. The van der Waals surface area contributed by atoms with E-state index in [1.165, 1.54) is 0 Å². The zero-order chi connectivity index (χ0) is 15.5. The smallest absolute Gasteiger partial charge is 0.410 e. The predicted octanol–water partition coefficient (Wildman–Crippen LogP) is 3.44. The van der Waals surface area contributed by atoms with E-state index in [4.69, 9.17) is 16.3 Å². The van der Waals surface area contributed by atoms with Crippen LogP contribution in [0, 0.1) is 0 Å². The summed E-state index contributed by atoms with van der Waals surface area (Å²) in [6, 6.07) is 8.08. The molecule has 0 bridgehead atoms. The molecule has 1 unspecified atom stereocenters. The highest BCUT2D eigenvalue weighted by molar-refractivity contribution is 6.31.